The first-order chi connectivity index (χ1) is 7.67. The number of benzene rings is 1. The molecule has 0 saturated heterocycles. The molecule has 0 fully saturated rings. The predicted octanol–water partition coefficient (Wildman–Crippen LogP) is 2.16. The smallest absolute Gasteiger partial charge is 0.334 e. The summed E-state index contributed by atoms with van der Waals surface area (Å²) in [6, 6.07) is 6.71. The van der Waals surface area contributed by atoms with E-state index < -0.39 is 5.97 Å². The molecule has 0 unspecified atom stereocenters. The summed E-state index contributed by atoms with van der Waals surface area (Å²) in [5.41, 5.74) is 0.536. The maximum Gasteiger partial charge on any atom is 0.334 e. The Bertz CT molecular complexity index is 379. The molecule has 1 aromatic rings. The maximum absolute atomic E-state index is 11.1. The highest BCUT2D eigenvalue weighted by Gasteiger charge is 2.03. The Morgan fingerprint density at radius 3 is 2.50 bits per heavy atom. The Kier molecular flexibility index (Phi) is 4.39. The summed E-state index contributed by atoms with van der Waals surface area (Å²) < 4.78 is 9.65. The average Bonchev–Trinajstić information content (AvgIpc) is 2.29. The molecule has 0 heterocycles. The summed E-state index contributed by atoms with van der Waals surface area (Å²) >= 11 is 0. The second kappa shape index (κ2) is 5.80. The highest BCUT2D eigenvalue weighted by molar-refractivity contribution is 5.89. The third-order valence-corrected chi connectivity index (χ3v) is 1.93. The molecule has 0 bridgehead atoms. The van der Waals surface area contributed by atoms with Gasteiger partial charge < -0.3 is 14.6 Å². The van der Waals surface area contributed by atoms with Gasteiger partial charge in [0.1, 0.15) is 11.5 Å². The van der Waals surface area contributed by atoms with Crippen molar-refractivity contribution in [2.24, 2.45) is 0 Å². The van der Waals surface area contributed by atoms with Gasteiger partial charge in [0, 0.05) is 5.56 Å². The molecule has 1 rings (SSSR count). The fourth-order valence-corrected chi connectivity index (χ4v) is 1.14. The van der Waals surface area contributed by atoms with E-state index in [9.17, 15) is 9.90 Å². The third-order valence-electron chi connectivity index (χ3n) is 1.93. The van der Waals surface area contributed by atoms with E-state index in [1.165, 1.54) is 0 Å². The van der Waals surface area contributed by atoms with Gasteiger partial charge in [-0.05, 0) is 31.2 Å². The van der Waals surface area contributed by atoms with Crippen LogP contribution in [0.25, 0.3) is 5.76 Å². The van der Waals surface area contributed by atoms with Crippen LogP contribution in [0.5, 0.6) is 5.75 Å². The number of aliphatic hydroxyl groups excluding tert-OH is 1. The van der Waals surface area contributed by atoms with Gasteiger partial charge in [-0.1, -0.05) is 0 Å². The van der Waals surface area contributed by atoms with E-state index >= 15 is 0 Å². The van der Waals surface area contributed by atoms with Crippen molar-refractivity contribution in [2.45, 2.75) is 6.92 Å². The number of hydrogen-bond donors (Lipinski definition) is 1. The van der Waals surface area contributed by atoms with E-state index in [1.807, 2.05) is 0 Å². The molecule has 0 atom stereocenters. The number of carbonyl (C=O) groups excluding carboxylic acids is 1. The Balaban J connectivity index is 2.79. The van der Waals surface area contributed by atoms with Crippen LogP contribution < -0.4 is 4.74 Å². The Morgan fingerprint density at radius 1 is 1.38 bits per heavy atom. The summed E-state index contributed by atoms with van der Waals surface area (Å²) in [6.45, 7) is 1.99. The zero-order valence-corrected chi connectivity index (χ0v) is 9.27. The van der Waals surface area contributed by atoms with Gasteiger partial charge in [-0.3, -0.25) is 0 Å². The first-order valence-corrected chi connectivity index (χ1v) is 4.89. The second-order valence-electron chi connectivity index (χ2n) is 3.01. The number of carbonyl (C=O) groups is 1. The molecule has 0 amide bonds. The van der Waals surface area contributed by atoms with Crippen LogP contribution in [0.15, 0.2) is 30.3 Å². The highest BCUT2D eigenvalue weighted by atomic mass is 16.5. The molecule has 1 N–H and O–H groups in total. The molecular formula is C12H14O4. The van der Waals surface area contributed by atoms with Crippen LogP contribution in [0.4, 0.5) is 0 Å². The molecule has 4 heteroatoms. The number of esters is 1. The van der Waals surface area contributed by atoms with Crippen molar-refractivity contribution in [3.05, 3.63) is 35.9 Å². The lowest BCUT2D eigenvalue weighted by Gasteiger charge is -2.02. The van der Waals surface area contributed by atoms with Crippen molar-refractivity contribution < 1.29 is 19.4 Å². The van der Waals surface area contributed by atoms with E-state index in [-0.39, 0.29) is 12.4 Å². The van der Waals surface area contributed by atoms with E-state index in [0.29, 0.717) is 11.3 Å². The SMILES string of the molecule is CCOC(=O)C=C(O)c1ccc(OC)cc1. The number of ether oxygens (including phenoxy) is 2. The van der Waals surface area contributed by atoms with E-state index in [0.717, 1.165) is 6.08 Å². The lowest BCUT2D eigenvalue weighted by Crippen LogP contribution is -2.00. The molecule has 1 aromatic carbocycles. The van der Waals surface area contributed by atoms with Crippen molar-refractivity contribution in [2.75, 3.05) is 13.7 Å². The average molecular weight is 222 g/mol. The summed E-state index contributed by atoms with van der Waals surface area (Å²) in [5, 5.41) is 9.60. The molecule has 86 valence electrons. The largest absolute Gasteiger partial charge is 0.507 e. The zero-order valence-electron chi connectivity index (χ0n) is 9.27. The van der Waals surface area contributed by atoms with Crippen molar-refractivity contribution in [1.82, 2.24) is 0 Å². The Labute approximate surface area is 94.1 Å². The van der Waals surface area contributed by atoms with Gasteiger partial charge in [-0.15, -0.1) is 0 Å². The molecule has 4 nitrogen and oxygen atoms in total. The van der Waals surface area contributed by atoms with Gasteiger partial charge in [-0.2, -0.15) is 0 Å². The standard InChI is InChI=1S/C12H14O4/c1-3-16-12(14)8-11(13)9-4-6-10(15-2)7-5-9/h4-8,13H,3H2,1-2H3. The zero-order chi connectivity index (χ0) is 12.0. The summed E-state index contributed by atoms with van der Waals surface area (Å²) in [7, 11) is 1.56. The molecule has 0 aromatic heterocycles. The topological polar surface area (TPSA) is 55.8 Å². The van der Waals surface area contributed by atoms with Gasteiger partial charge in [0.25, 0.3) is 0 Å². The fraction of sp³-hybridized carbons (Fsp3) is 0.250. The van der Waals surface area contributed by atoms with Crippen LogP contribution in [0.1, 0.15) is 12.5 Å². The molecule has 0 radical (unpaired) electrons. The van der Waals surface area contributed by atoms with E-state index in [1.54, 1.807) is 38.3 Å². The Hall–Kier alpha value is -1.97. The first-order valence-electron chi connectivity index (χ1n) is 4.89. The van der Waals surface area contributed by atoms with Crippen LogP contribution in [-0.4, -0.2) is 24.8 Å². The normalized spacial score (nSPS) is 11.0. The number of methoxy groups -OCH3 is 1. The number of hydrogen-bond acceptors (Lipinski definition) is 4. The minimum absolute atomic E-state index is 0.124. The summed E-state index contributed by atoms with van der Waals surface area (Å²) in [6.07, 6.45) is 1.05. The molecule has 0 aliphatic rings. The monoisotopic (exact) mass is 222 g/mol. The molecular weight excluding hydrogens is 208 g/mol. The van der Waals surface area contributed by atoms with Crippen LogP contribution in [0, 0.1) is 0 Å². The predicted molar refractivity (Wildman–Crippen MR) is 60.2 cm³/mol. The number of rotatable bonds is 4. The molecule has 0 spiro atoms. The molecule has 0 aliphatic carbocycles. The van der Waals surface area contributed by atoms with E-state index in [4.69, 9.17) is 4.74 Å². The van der Waals surface area contributed by atoms with Gasteiger partial charge in [0.2, 0.25) is 0 Å². The fourth-order valence-electron chi connectivity index (χ4n) is 1.14. The third kappa shape index (κ3) is 3.31. The van der Waals surface area contributed by atoms with Crippen molar-refractivity contribution >= 4 is 11.7 Å². The van der Waals surface area contributed by atoms with Crippen LogP contribution >= 0.6 is 0 Å². The quantitative estimate of drug-likeness (QED) is 0.482. The van der Waals surface area contributed by atoms with Gasteiger partial charge >= 0.3 is 5.97 Å². The lowest BCUT2D eigenvalue weighted by atomic mass is 10.2. The minimum Gasteiger partial charge on any atom is -0.507 e. The van der Waals surface area contributed by atoms with E-state index in [2.05, 4.69) is 4.74 Å². The van der Waals surface area contributed by atoms with Crippen molar-refractivity contribution in [3.63, 3.8) is 0 Å². The highest BCUT2D eigenvalue weighted by Crippen LogP contribution is 2.16. The van der Waals surface area contributed by atoms with Crippen LogP contribution in [0.2, 0.25) is 0 Å². The van der Waals surface area contributed by atoms with Gasteiger partial charge in [0.15, 0.2) is 0 Å². The van der Waals surface area contributed by atoms with Crippen molar-refractivity contribution in [3.8, 4) is 5.75 Å². The lowest BCUT2D eigenvalue weighted by molar-refractivity contribution is -0.137. The number of aliphatic hydroxyl groups is 1. The maximum atomic E-state index is 11.1. The Morgan fingerprint density at radius 2 is 2.00 bits per heavy atom. The van der Waals surface area contributed by atoms with Crippen LogP contribution in [0.3, 0.4) is 0 Å². The molecule has 16 heavy (non-hydrogen) atoms. The van der Waals surface area contributed by atoms with Crippen LogP contribution in [-0.2, 0) is 9.53 Å². The molecule has 0 saturated carbocycles. The van der Waals surface area contributed by atoms with Gasteiger partial charge in [0.05, 0.1) is 19.8 Å². The first kappa shape index (κ1) is 12.1. The minimum atomic E-state index is -0.559. The second-order valence-corrected chi connectivity index (χ2v) is 3.01. The van der Waals surface area contributed by atoms with Gasteiger partial charge in [-0.25, -0.2) is 4.79 Å². The molecule has 0 aliphatic heterocycles. The summed E-state index contributed by atoms with van der Waals surface area (Å²) in [5.74, 6) is 0.00426. The van der Waals surface area contributed by atoms with Crippen molar-refractivity contribution in [1.29, 1.82) is 0 Å². The summed E-state index contributed by atoms with van der Waals surface area (Å²) in [4.78, 5) is 11.1.